The van der Waals surface area contributed by atoms with Crippen LogP contribution in [0, 0.1) is 0 Å². The molecule has 1 aromatic rings. The van der Waals surface area contributed by atoms with Crippen molar-refractivity contribution in [2.75, 3.05) is 39.3 Å². The van der Waals surface area contributed by atoms with Crippen molar-refractivity contribution >= 4 is 11.8 Å². The molecule has 1 fully saturated rings. The minimum Gasteiger partial charge on any atom is -0.342 e. The van der Waals surface area contributed by atoms with E-state index in [-0.39, 0.29) is 17.9 Å². The lowest BCUT2D eigenvalue weighted by atomic mass is 10.0. The Kier molecular flexibility index (Phi) is 7.44. The average Bonchev–Trinajstić information content (AvgIpc) is 2.89. The normalized spacial score (nSPS) is 17.0. The molecule has 1 unspecified atom stereocenters. The monoisotopic (exact) mass is 345 g/mol. The van der Waals surface area contributed by atoms with Crippen molar-refractivity contribution in [3.63, 3.8) is 0 Å². The van der Waals surface area contributed by atoms with Gasteiger partial charge in [0.2, 0.25) is 11.8 Å². The SMILES string of the molecule is CCC(=O)N1CCCN(C(C(=O)N(CC)CC)c2ccccc2)CC1. The van der Waals surface area contributed by atoms with Gasteiger partial charge in [0, 0.05) is 45.7 Å². The van der Waals surface area contributed by atoms with Gasteiger partial charge in [0.05, 0.1) is 0 Å². The predicted octanol–water partition coefficient (Wildman–Crippen LogP) is 2.54. The summed E-state index contributed by atoms with van der Waals surface area (Å²) in [7, 11) is 0. The first-order valence-corrected chi connectivity index (χ1v) is 9.47. The Balaban J connectivity index is 2.23. The first-order chi connectivity index (χ1) is 12.1. The topological polar surface area (TPSA) is 43.9 Å². The van der Waals surface area contributed by atoms with E-state index in [1.54, 1.807) is 0 Å². The summed E-state index contributed by atoms with van der Waals surface area (Å²) in [5, 5.41) is 0. The van der Waals surface area contributed by atoms with Gasteiger partial charge in [-0.05, 0) is 25.8 Å². The van der Waals surface area contributed by atoms with Crippen molar-refractivity contribution in [1.29, 1.82) is 0 Å². The third-order valence-corrected chi connectivity index (χ3v) is 4.98. The Morgan fingerprint density at radius 3 is 2.28 bits per heavy atom. The molecule has 138 valence electrons. The van der Waals surface area contributed by atoms with Crippen LogP contribution in [0.25, 0.3) is 0 Å². The van der Waals surface area contributed by atoms with Gasteiger partial charge in [-0.25, -0.2) is 0 Å². The lowest BCUT2D eigenvalue weighted by molar-refractivity contribution is -0.137. The van der Waals surface area contributed by atoms with Crippen molar-refractivity contribution in [2.45, 2.75) is 39.7 Å². The number of hydrogen-bond donors (Lipinski definition) is 0. The Bertz CT molecular complexity index is 557. The van der Waals surface area contributed by atoms with Crippen LogP contribution in [0.15, 0.2) is 30.3 Å². The van der Waals surface area contributed by atoms with Gasteiger partial charge in [0.15, 0.2) is 0 Å². The van der Waals surface area contributed by atoms with Gasteiger partial charge >= 0.3 is 0 Å². The maximum absolute atomic E-state index is 13.2. The molecule has 1 atom stereocenters. The summed E-state index contributed by atoms with van der Waals surface area (Å²) in [6.45, 7) is 10.4. The molecular formula is C20H31N3O2. The van der Waals surface area contributed by atoms with Crippen molar-refractivity contribution in [2.24, 2.45) is 0 Å². The van der Waals surface area contributed by atoms with Crippen LogP contribution in [0.4, 0.5) is 0 Å². The van der Waals surface area contributed by atoms with Gasteiger partial charge in [-0.1, -0.05) is 37.3 Å². The van der Waals surface area contributed by atoms with E-state index in [1.165, 1.54) is 0 Å². The molecule has 1 aliphatic rings. The molecule has 2 amide bonds. The Hall–Kier alpha value is -1.88. The van der Waals surface area contributed by atoms with Crippen LogP contribution >= 0.6 is 0 Å². The summed E-state index contributed by atoms with van der Waals surface area (Å²) in [5.74, 6) is 0.361. The first-order valence-electron chi connectivity index (χ1n) is 9.47. The Morgan fingerprint density at radius 2 is 1.68 bits per heavy atom. The maximum Gasteiger partial charge on any atom is 0.244 e. The number of rotatable bonds is 6. The highest BCUT2D eigenvalue weighted by Crippen LogP contribution is 2.25. The molecule has 25 heavy (non-hydrogen) atoms. The van der Waals surface area contributed by atoms with Gasteiger partial charge in [0.1, 0.15) is 6.04 Å². The maximum atomic E-state index is 13.2. The number of hydrogen-bond acceptors (Lipinski definition) is 3. The van der Waals surface area contributed by atoms with Crippen LogP contribution < -0.4 is 0 Å². The zero-order valence-corrected chi connectivity index (χ0v) is 15.8. The highest BCUT2D eigenvalue weighted by Gasteiger charge is 2.32. The fourth-order valence-corrected chi connectivity index (χ4v) is 3.52. The summed E-state index contributed by atoms with van der Waals surface area (Å²) in [4.78, 5) is 31.3. The molecule has 0 aromatic heterocycles. The zero-order chi connectivity index (χ0) is 18.2. The number of likely N-dealkylation sites (N-methyl/N-ethyl adjacent to an activating group) is 1. The van der Waals surface area contributed by atoms with Gasteiger partial charge in [-0.15, -0.1) is 0 Å². The highest BCUT2D eigenvalue weighted by molar-refractivity contribution is 5.83. The third-order valence-electron chi connectivity index (χ3n) is 4.98. The van der Waals surface area contributed by atoms with Crippen molar-refractivity contribution in [1.82, 2.24) is 14.7 Å². The van der Waals surface area contributed by atoms with E-state index >= 15 is 0 Å². The second-order valence-electron chi connectivity index (χ2n) is 6.45. The van der Waals surface area contributed by atoms with E-state index in [2.05, 4.69) is 4.90 Å². The average molecular weight is 345 g/mol. The first kappa shape index (κ1) is 19.4. The van der Waals surface area contributed by atoms with Crippen LogP contribution in [-0.2, 0) is 9.59 Å². The molecule has 1 heterocycles. The van der Waals surface area contributed by atoms with E-state index in [1.807, 2.05) is 60.9 Å². The lowest BCUT2D eigenvalue weighted by Crippen LogP contribution is -2.44. The van der Waals surface area contributed by atoms with E-state index in [4.69, 9.17) is 0 Å². The van der Waals surface area contributed by atoms with Crippen molar-refractivity contribution in [3.8, 4) is 0 Å². The molecular weight excluding hydrogens is 314 g/mol. The van der Waals surface area contributed by atoms with Crippen LogP contribution in [0.1, 0.15) is 45.2 Å². The highest BCUT2D eigenvalue weighted by atomic mass is 16.2. The molecule has 0 radical (unpaired) electrons. The fraction of sp³-hybridized carbons (Fsp3) is 0.600. The van der Waals surface area contributed by atoms with Gasteiger partial charge in [-0.2, -0.15) is 0 Å². The Morgan fingerprint density at radius 1 is 1.00 bits per heavy atom. The number of nitrogens with zero attached hydrogens (tertiary/aromatic N) is 3. The van der Waals surface area contributed by atoms with E-state index in [0.29, 0.717) is 26.1 Å². The fourth-order valence-electron chi connectivity index (χ4n) is 3.52. The molecule has 2 rings (SSSR count). The minimum atomic E-state index is -0.266. The smallest absolute Gasteiger partial charge is 0.244 e. The molecule has 5 heteroatoms. The molecule has 0 aliphatic carbocycles. The summed E-state index contributed by atoms with van der Waals surface area (Å²) in [6, 6.07) is 9.76. The molecule has 0 spiro atoms. The van der Waals surface area contributed by atoms with Crippen LogP contribution in [-0.4, -0.2) is 65.8 Å². The van der Waals surface area contributed by atoms with E-state index < -0.39 is 0 Å². The number of carbonyl (C=O) groups excluding carboxylic acids is 2. The van der Waals surface area contributed by atoms with Gasteiger partial charge in [-0.3, -0.25) is 14.5 Å². The summed E-state index contributed by atoms with van der Waals surface area (Å²) < 4.78 is 0. The summed E-state index contributed by atoms with van der Waals surface area (Å²) in [6.07, 6.45) is 1.45. The standard InChI is InChI=1S/C20H31N3O2/c1-4-18(24)22-13-10-14-23(16-15-22)19(17-11-8-7-9-12-17)20(25)21(5-2)6-3/h7-9,11-12,19H,4-6,10,13-16H2,1-3H3. The minimum absolute atomic E-state index is 0.159. The second-order valence-corrected chi connectivity index (χ2v) is 6.45. The molecule has 1 aliphatic heterocycles. The molecule has 1 aromatic carbocycles. The van der Waals surface area contributed by atoms with Gasteiger partial charge in [0.25, 0.3) is 0 Å². The lowest BCUT2D eigenvalue weighted by Gasteiger charge is -2.33. The van der Waals surface area contributed by atoms with Crippen LogP contribution in [0.3, 0.4) is 0 Å². The molecule has 5 nitrogen and oxygen atoms in total. The number of carbonyl (C=O) groups is 2. The summed E-state index contributed by atoms with van der Waals surface area (Å²) in [5.41, 5.74) is 1.04. The predicted molar refractivity (Wildman–Crippen MR) is 100 cm³/mol. The number of benzene rings is 1. The quantitative estimate of drug-likeness (QED) is 0.796. The van der Waals surface area contributed by atoms with Crippen molar-refractivity contribution < 1.29 is 9.59 Å². The zero-order valence-electron chi connectivity index (χ0n) is 15.8. The third kappa shape index (κ3) is 4.82. The van der Waals surface area contributed by atoms with E-state index in [9.17, 15) is 9.59 Å². The van der Waals surface area contributed by atoms with E-state index in [0.717, 1.165) is 31.6 Å². The number of amides is 2. The largest absolute Gasteiger partial charge is 0.342 e. The second kappa shape index (κ2) is 9.56. The molecule has 1 saturated heterocycles. The molecule has 0 saturated carbocycles. The van der Waals surface area contributed by atoms with Gasteiger partial charge < -0.3 is 9.80 Å². The Labute approximate surface area is 151 Å². The van der Waals surface area contributed by atoms with Crippen LogP contribution in [0.5, 0.6) is 0 Å². The van der Waals surface area contributed by atoms with Crippen LogP contribution in [0.2, 0.25) is 0 Å². The summed E-state index contributed by atoms with van der Waals surface area (Å²) >= 11 is 0. The molecule has 0 bridgehead atoms. The molecule has 0 N–H and O–H groups in total. The van der Waals surface area contributed by atoms with Crippen molar-refractivity contribution in [3.05, 3.63) is 35.9 Å².